The molecule has 0 rings (SSSR count). The van der Waals surface area contributed by atoms with E-state index in [1.807, 2.05) is 0 Å². The van der Waals surface area contributed by atoms with E-state index < -0.39 is 10.4 Å². The average molecular weight is 276 g/mol. The summed E-state index contributed by atoms with van der Waals surface area (Å²) in [4.78, 5) is 0. The van der Waals surface area contributed by atoms with E-state index in [2.05, 4.69) is 6.92 Å². The largest absolute Gasteiger partial charge is 0.394 e. The second kappa shape index (κ2) is 14.9. The van der Waals surface area contributed by atoms with Gasteiger partial charge in [0.05, 0.1) is 0 Å². The molecule has 2 N–H and O–H groups in total. The zero-order chi connectivity index (χ0) is 13.6. The molecule has 0 amide bonds. The zero-order valence-electron chi connectivity index (χ0n) is 11.2. The summed E-state index contributed by atoms with van der Waals surface area (Å²) in [7, 11) is -4.67. The smallest absolute Gasteiger partial charge is 0.264 e. The van der Waals surface area contributed by atoms with Crippen LogP contribution in [-0.4, -0.2) is 45.5 Å². The first kappa shape index (κ1) is 20.2. The summed E-state index contributed by atoms with van der Waals surface area (Å²) in [6.45, 7) is 2.28. The first-order valence-corrected chi connectivity index (χ1v) is 9.42. The quantitative estimate of drug-likeness (QED) is 0.384. The Hall–Kier alpha value is 0.870. The minimum atomic E-state index is -4.67. The molecule has 6 heteroatoms. The van der Waals surface area contributed by atoms with Gasteiger partial charge in [-0.15, -0.1) is 0 Å². The van der Waals surface area contributed by atoms with Crippen molar-refractivity contribution in [2.45, 2.75) is 68.4 Å². The Balaban J connectivity index is 0. The molecule has 4 nitrogen and oxygen atoms in total. The fourth-order valence-electron chi connectivity index (χ4n) is 1.56. The third kappa shape index (κ3) is 38.3. The molecule has 0 spiro atoms. The first-order valence-electron chi connectivity index (χ1n) is 6.61. The SMILES string of the molecule is CCCCCCCCCC[CH2][Na].O=S(=O)(O)O. The third-order valence-corrected chi connectivity index (χ3v) is 3.16. The Labute approximate surface area is 124 Å². The van der Waals surface area contributed by atoms with Crippen molar-refractivity contribution in [3.8, 4) is 0 Å². The molecular weight excluding hydrogens is 251 g/mol. The van der Waals surface area contributed by atoms with Gasteiger partial charge in [0.1, 0.15) is 0 Å². The Morgan fingerprint density at radius 1 is 0.824 bits per heavy atom. The molecule has 0 bridgehead atoms. The van der Waals surface area contributed by atoms with Gasteiger partial charge in [0.25, 0.3) is 0 Å². The van der Waals surface area contributed by atoms with Gasteiger partial charge in [-0.2, -0.15) is 8.42 Å². The van der Waals surface area contributed by atoms with Crippen LogP contribution >= 0.6 is 0 Å². The Kier molecular flexibility index (Phi) is 17.7. The van der Waals surface area contributed by atoms with Crippen LogP contribution in [0.4, 0.5) is 0 Å². The first-order chi connectivity index (χ1) is 7.91. The maximum Gasteiger partial charge on any atom is 0.394 e. The normalized spacial score (nSPS) is 10.9. The minimum Gasteiger partial charge on any atom is -0.264 e. The molecule has 0 aromatic rings. The van der Waals surface area contributed by atoms with E-state index in [1.165, 1.54) is 89.4 Å². The van der Waals surface area contributed by atoms with Gasteiger partial charge in [-0.25, -0.2) is 0 Å². The molecule has 0 fully saturated rings. The average Bonchev–Trinajstić information content (AvgIpc) is 2.20. The van der Waals surface area contributed by atoms with E-state index >= 15 is 0 Å². The van der Waals surface area contributed by atoms with Gasteiger partial charge in [0.15, 0.2) is 0 Å². The molecule has 0 aromatic heterocycles. The van der Waals surface area contributed by atoms with Crippen molar-refractivity contribution in [1.82, 2.24) is 0 Å². The zero-order valence-corrected chi connectivity index (χ0v) is 14.0. The minimum absolute atomic E-state index is 1.38. The summed E-state index contributed by atoms with van der Waals surface area (Å²) in [5.74, 6) is 0. The van der Waals surface area contributed by atoms with Crippen LogP contribution < -0.4 is 0 Å². The predicted molar refractivity (Wildman–Crippen MR) is 72.0 cm³/mol. The van der Waals surface area contributed by atoms with Gasteiger partial charge in [-0.1, -0.05) is 0 Å². The molecule has 0 unspecified atom stereocenters. The van der Waals surface area contributed by atoms with Crippen molar-refractivity contribution in [3.05, 3.63) is 0 Å². The van der Waals surface area contributed by atoms with Crippen molar-refractivity contribution in [2.24, 2.45) is 0 Å². The van der Waals surface area contributed by atoms with Crippen LogP contribution in [0.5, 0.6) is 0 Å². The Bertz CT molecular complexity index is 212. The Morgan fingerprint density at radius 3 is 1.41 bits per heavy atom. The van der Waals surface area contributed by atoms with Gasteiger partial charge in [-0.3, -0.25) is 9.11 Å². The monoisotopic (exact) mass is 276 g/mol. The van der Waals surface area contributed by atoms with Crippen molar-refractivity contribution in [2.75, 3.05) is 0 Å². The molecule has 0 radical (unpaired) electrons. The van der Waals surface area contributed by atoms with Crippen LogP contribution in [0.3, 0.4) is 0 Å². The molecular formula is C11H25NaO4S. The molecule has 0 aliphatic rings. The number of unbranched alkanes of at least 4 members (excludes halogenated alkanes) is 8. The summed E-state index contributed by atoms with van der Waals surface area (Å²) in [5, 5.41) is 0. The van der Waals surface area contributed by atoms with E-state index in [-0.39, 0.29) is 0 Å². The van der Waals surface area contributed by atoms with E-state index in [1.54, 1.807) is 0 Å². The maximum absolute atomic E-state index is 8.74. The fourth-order valence-corrected chi connectivity index (χ4v) is 2.06. The van der Waals surface area contributed by atoms with Crippen LogP contribution in [0.2, 0.25) is 3.67 Å². The maximum atomic E-state index is 8.74. The number of hydrogen-bond acceptors (Lipinski definition) is 2. The molecule has 0 atom stereocenters. The molecule has 0 heterocycles. The Morgan fingerprint density at radius 2 is 1.12 bits per heavy atom. The van der Waals surface area contributed by atoms with Crippen molar-refractivity contribution in [1.29, 1.82) is 0 Å². The molecule has 0 aliphatic carbocycles. The van der Waals surface area contributed by atoms with Gasteiger partial charge < -0.3 is 0 Å². The predicted octanol–water partition coefficient (Wildman–Crippen LogP) is 3.45. The summed E-state index contributed by atoms with van der Waals surface area (Å²) < 4.78 is 33.1. The fraction of sp³-hybridized carbons (Fsp3) is 1.00. The molecule has 100 valence electrons. The van der Waals surface area contributed by atoms with E-state index in [0.717, 1.165) is 0 Å². The van der Waals surface area contributed by atoms with Gasteiger partial charge in [0.2, 0.25) is 0 Å². The molecule has 0 saturated heterocycles. The van der Waals surface area contributed by atoms with Crippen LogP contribution in [0.1, 0.15) is 64.7 Å². The second-order valence-electron chi connectivity index (χ2n) is 4.28. The summed E-state index contributed by atoms with van der Waals surface area (Å²) in [6, 6.07) is 0. The van der Waals surface area contributed by atoms with E-state index in [4.69, 9.17) is 17.5 Å². The number of rotatable bonds is 9. The molecule has 0 aromatic carbocycles. The molecule has 0 saturated carbocycles. The van der Waals surface area contributed by atoms with Crippen molar-refractivity contribution >= 4 is 38.3 Å². The van der Waals surface area contributed by atoms with Gasteiger partial charge >= 0.3 is 107 Å². The van der Waals surface area contributed by atoms with Gasteiger partial charge in [-0.05, 0) is 0 Å². The topological polar surface area (TPSA) is 74.6 Å². The van der Waals surface area contributed by atoms with Crippen LogP contribution in [0.25, 0.3) is 0 Å². The van der Waals surface area contributed by atoms with Crippen LogP contribution in [-0.2, 0) is 10.4 Å². The summed E-state index contributed by atoms with van der Waals surface area (Å²) in [5.41, 5.74) is 0. The van der Waals surface area contributed by atoms with E-state index in [0.29, 0.717) is 0 Å². The van der Waals surface area contributed by atoms with Crippen LogP contribution in [0, 0.1) is 0 Å². The van der Waals surface area contributed by atoms with Gasteiger partial charge in [0, 0.05) is 0 Å². The third-order valence-electron chi connectivity index (χ3n) is 2.46. The van der Waals surface area contributed by atoms with Crippen LogP contribution in [0.15, 0.2) is 0 Å². The standard InChI is InChI=1S/C11H23.Na.H2O4S/c1-3-5-7-9-11-10-8-6-4-2;;1-5(2,3)4/h1,3-11H2,2H3;;(H2,1,2,3,4). The van der Waals surface area contributed by atoms with E-state index in [9.17, 15) is 0 Å². The summed E-state index contributed by atoms with van der Waals surface area (Å²) in [6.07, 6.45) is 13.2. The number of hydrogen-bond donors (Lipinski definition) is 2. The van der Waals surface area contributed by atoms with Crippen molar-refractivity contribution in [3.63, 3.8) is 0 Å². The second-order valence-corrected chi connectivity index (χ2v) is 6.17. The van der Waals surface area contributed by atoms with Crippen molar-refractivity contribution < 1.29 is 17.5 Å². The summed E-state index contributed by atoms with van der Waals surface area (Å²) >= 11 is 1.41. The molecule has 0 aliphatic heterocycles. The molecule has 17 heavy (non-hydrogen) atoms.